The monoisotopic (exact) mass is 346 g/mol. The van der Waals surface area contributed by atoms with Gasteiger partial charge in [-0.25, -0.2) is 0 Å². The lowest BCUT2D eigenvalue weighted by Crippen LogP contribution is -2.13. The summed E-state index contributed by atoms with van der Waals surface area (Å²) in [4.78, 5) is 18.2. The third-order valence-electron chi connectivity index (χ3n) is 5.39. The molecule has 0 N–H and O–H groups in total. The maximum Gasteiger partial charge on any atom is 0.263 e. The molecule has 3 aromatic carbocycles. The van der Waals surface area contributed by atoms with Gasteiger partial charge in [0.25, 0.3) is 5.56 Å². The van der Waals surface area contributed by atoms with E-state index in [1.54, 1.807) is 0 Å². The summed E-state index contributed by atoms with van der Waals surface area (Å²) in [5.41, 5.74) is 3.87. The summed E-state index contributed by atoms with van der Waals surface area (Å²) >= 11 is 0. The van der Waals surface area contributed by atoms with E-state index in [1.807, 2.05) is 71.3 Å². The molecule has 3 aromatic heterocycles. The molecule has 0 aliphatic heterocycles. The number of rotatable bonds is 1. The van der Waals surface area contributed by atoms with Gasteiger partial charge in [0.2, 0.25) is 0 Å². The Bertz CT molecular complexity index is 1530. The molecular formula is C24H14N2O. The second-order valence-electron chi connectivity index (χ2n) is 6.81. The van der Waals surface area contributed by atoms with Crippen LogP contribution in [-0.2, 0) is 0 Å². The van der Waals surface area contributed by atoms with Crippen LogP contribution in [0.2, 0.25) is 0 Å². The third kappa shape index (κ3) is 1.80. The number of pyridine rings is 2. The van der Waals surface area contributed by atoms with Gasteiger partial charge >= 0.3 is 0 Å². The molecule has 6 aromatic rings. The highest BCUT2D eigenvalue weighted by Crippen LogP contribution is 2.38. The summed E-state index contributed by atoms with van der Waals surface area (Å²) in [5, 5.41) is 4.78. The maximum atomic E-state index is 13.4. The first-order valence-corrected chi connectivity index (χ1v) is 8.96. The zero-order chi connectivity index (χ0) is 18.0. The Kier molecular flexibility index (Phi) is 2.75. The molecule has 0 atom stereocenters. The Labute approximate surface area is 154 Å². The number of fused-ring (bicyclic) bond motifs is 5. The number of nitrogens with zero attached hydrogens (tertiary/aromatic N) is 2. The second kappa shape index (κ2) is 5.15. The van der Waals surface area contributed by atoms with Crippen molar-refractivity contribution in [3.8, 4) is 11.3 Å². The lowest BCUT2D eigenvalue weighted by atomic mass is 10.00. The molecule has 0 saturated heterocycles. The predicted molar refractivity (Wildman–Crippen MR) is 111 cm³/mol. The predicted octanol–water partition coefficient (Wildman–Crippen LogP) is 5.26. The van der Waals surface area contributed by atoms with Gasteiger partial charge in [-0.3, -0.25) is 14.2 Å². The van der Waals surface area contributed by atoms with Gasteiger partial charge in [0, 0.05) is 33.3 Å². The first-order valence-electron chi connectivity index (χ1n) is 8.96. The van der Waals surface area contributed by atoms with Crippen LogP contribution in [0.15, 0.2) is 89.9 Å². The van der Waals surface area contributed by atoms with E-state index in [0.717, 1.165) is 49.2 Å². The molecule has 0 saturated carbocycles. The third-order valence-corrected chi connectivity index (χ3v) is 5.39. The summed E-state index contributed by atoms with van der Waals surface area (Å²) in [6, 6.07) is 26.1. The van der Waals surface area contributed by atoms with Crippen LogP contribution in [0.3, 0.4) is 0 Å². The van der Waals surface area contributed by atoms with Gasteiger partial charge in [-0.15, -0.1) is 0 Å². The molecule has 3 nitrogen and oxygen atoms in total. The van der Waals surface area contributed by atoms with Crippen LogP contribution in [0.4, 0.5) is 0 Å². The van der Waals surface area contributed by atoms with Crippen molar-refractivity contribution in [1.29, 1.82) is 0 Å². The number of hydrogen-bond donors (Lipinski definition) is 0. The minimum Gasteiger partial charge on any atom is -0.275 e. The van der Waals surface area contributed by atoms with Crippen molar-refractivity contribution in [2.24, 2.45) is 0 Å². The fourth-order valence-corrected chi connectivity index (χ4v) is 4.24. The molecule has 126 valence electrons. The van der Waals surface area contributed by atoms with Crippen molar-refractivity contribution in [3.05, 3.63) is 95.4 Å². The van der Waals surface area contributed by atoms with Crippen LogP contribution >= 0.6 is 0 Å². The molecule has 3 heterocycles. The van der Waals surface area contributed by atoms with Gasteiger partial charge in [0.15, 0.2) is 0 Å². The van der Waals surface area contributed by atoms with E-state index in [-0.39, 0.29) is 5.56 Å². The molecule has 0 unspecified atom stereocenters. The molecule has 0 aliphatic rings. The van der Waals surface area contributed by atoms with Crippen molar-refractivity contribution in [2.75, 3.05) is 0 Å². The maximum absolute atomic E-state index is 13.4. The molecule has 0 aliphatic carbocycles. The van der Waals surface area contributed by atoms with Crippen molar-refractivity contribution in [3.63, 3.8) is 0 Å². The lowest BCUT2D eigenvalue weighted by Gasteiger charge is -2.10. The van der Waals surface area contributed by atoms with Gasteiger partial charge in [-0.1, -0.05) is 66.7 Å². The summed E-state index contributed by atoms with van der Waals surface area (Å²) in [6.07, 6.45) is 1.90. The normalized spacial score (nSPS) is 11.9. The molecule has 0 fully saturated rings. The van der Waals surface area contributed by atoms with Gasteiger partial charge in [0.1, 0.15) is 0 Å². The van der Waals surface area contributed by atoms with Gasteiger partial charge < -0.3 is 0 Å². The molecule has 27 heavy (non-hydrogen) atoms. The van der Waals surface area contributed by atoms with Crippen LogP contribution in [0.25, 0.3) is 49.2 Å². The molecule has 0 bridgehead atoms. The Hall–Kier alpha value is -3.72. The van der Waals surface area contributed by atoms with Crippen LogP contribution in [0.5, 0.6) is 0 Å². The summed E-state index contributed by atoms with van der Waals surface area (Å²) < 4.78 is 1.86. The zero-order valence-corrected chi connectivity index (χ0v) is 14.4. The van der Waals surface area contributed by atoms with Crippen molar-refractivity contribution >= 4 is 38.0 Å². The summed E-state index contributed by atoms with van der Waals surface area (Å²) in [7, 11) is 0. The average Bonchev–Trinajstić information content (AvgIpc) is 3.08. The summed E-state index contributed by atoms with van der Waals surface area (Å²) in [5.74, 6) is 0. The Morgan fingerprint density at radius 2 is 1.33 bits per heavy atom. The van der Waals surface area contributed by atoms with Crippen molar-refractivity contribution in [1.82, 2.24) is 9.38 Å². The topological polar surface area (TPSA) is 34.4 Å². The van der Waals surface area contributed by atoms with Gasteiger partial charge in [-0.2, -0.15) is 0 Å². The van der Waals surface area contributed by atoms with Crippen LogP contribution in [0.1, 0.15) is 0 Å². The number of para-hydroxylation sites is 1. The highest BCUT2D eigenvalue weighted by molar-refractivity contribution is 6.23. The Morgan fingerprint density at radius 1 is 0.667 bits per heavy atom. The van der Waals surface area contributed by atoms with E-state index in [4.69, 9.17) is 4.98 Å². The molecule has 3 heteroatoms. The van der Waals surface area contributed by atoms with E-state index in [1.165, 1.54) is 0 Å². The van der Waals surface area contributed by atoms with Crippen molar-refractivity contribution in [2.45, 2.75) is 0 Å². The number of benzene rings is 3. The fourth-order valence-electron chi connectivity index (χ4n) is 4.24. The second-order valence-corrected chi connectivity index (χ2v) is 6.81. The van der Waals surface area contributed by atoms with E-state index in [2.05, 4.69) is 18.2 Å². The SMILES string of the molecule is O=c1c2ccccc2c2c(-c3ccccc3)ncc3c4ccccc4n1c32. The van der Waals surface area contributed by atoms with Crippen LogP contribution in [0, 0.1) is 0 Å². The van der Waals surface area contributed by atoms with E-state index in [0.29, 0.717) is 0 Å². The fraction of sp³-hybridized carbons (Fsp3) is 0. The van der Waals surface area contributed by atoms with Crippen molar-refractivity contribution < 1.29 is 0 Å². The van der Waals surface area contributed by atoms with E-state index < -0.39 is 0 Å². The average molecular weight is 346 g/mol. The standard InChI is InChI=1S/C24H14N2O/c27-24-18-12-5-4-11-17(18)21-22(15-8-2-1-3-9-15)25-14-19-16-10-6-7-13-20(16)26(24)23(19)21/h1-14H. The molecule has 6 rings (SSSR count). The molecule has 0 radical (unpaired) electrons. The van der Waals surface area contributed by atoms with Crippen LogP contribution < -0.4 is 5.56 Å². The Morgan fingerprint density at radius 3 is 2.15 bits per heavy atom. The molecular weight excluding hydrogens is 332 g/mol. The first-order chi connectivity index (χ1) is 13.3. The van der Waals surface area contributed by atoms with Gasteiger partial charge in [0.05, 0.1) is 16.7 Å². The minimum absolute atomic E-state index is 0.0227. The Balaban J connectivity index is 2.01. The highest BCUT2D eigenvalue weighted by atomic mass is 16.1. The number of hydrogen-bond acceptors (Lipinski definition) is 2. The summed E-state index contributed by atoms with van der Waals surface area (Å²) in [6.45, 7) is 0. The van der Waals surface area contributed by atoms with E-state index >= 15 is 0 Å². The highest BCUT2D eigenvalue weighted by Gasteiger charge is 2.20. The first kappa shape index (κ1) is 14.4. The zero-order valence-electron chi connectivity index (χ0n) is 14.4. The largest absolute Gasteiger partial charge is 0.275 e. The lowest BCUT2D eigenvalue weighted by molar-refractivity contribution is 1.20. The molecule has 0 amide bonds. The van der Waals surface area contributed by atoms with Crippen LogP contribution in [-0.4, -0.2) is 9.38 Å². The minimum atomic E-state index is 0.0227. The smallest absolute Gasteiger partial charge is 0.263 e. The quantitative estimate of drug-likeness (QED) is 0.381. The van der Waals surface area contributed by atoms with Gasteiger partial charge in [-0.05, 0) is 17.5 Å². The molecule has 0 spiro atoms. The number of aromatic nitrogens is 2. The van der Waals surface area contributed by atoms with E-state index in [9.17, 15) is 4.79 Å².